The number of carbonyl (C=O) groups excluding carboxylic acids is 1. The number of aromatic nitrogens is 3. The largest absolute Gasteiger partial charge is 0.356 e. The van der Waals surface area contributed by atoms with E-state index in [1.165, 1.54) is 0 Å². The van der Waals surface area contributed by atoms with E-state index in [0.29, 0.717) is 18.3 Å². The first kappa shape index (κ1) is 19.1. The van der Waals surface area contributed by atoms with Crippen molar-refractivity contribution in [3.63, 3.8) is 0 Å². The summed E-state index contributed by atoms with van der Waals surface area (Å²) in [5.74, 6) is 2.19. The monoisotopic (exact) mass is 391 g/mol. The maximum absolute atomic E-state index is 12.7. The van der Waals surface area contributed by atoms with Crippen molar-refractivity contribution in [2.24, 2.45) is 5.92 Å². The molecular weight excluding hydrogens is 366 g/mol. The number of nitrogens with zero attached hydrogens (tertiary/aromatic N) is 4. The number of hydrogen-bond acceptors (Lipinski definition) is 6. The molecule has 29 heavy (non-hydrogen) atoms. The second-order valence-electron chi connectivity index (χ2n) is 7.66. The van der Waals surface area contributed by atoms with Crippen LogP contribution in [0.15, 0.2) is 53.2 Å². The van der Waals surface area contributed by atoms with Crippen LogP contribution in [0, 0.1) is 5.92 Å². The SMILES string of the molecule is CC(C)c1noc(-c2ccnc(N3CCC[C@H](C(=O)Nc4ccccc4)C3)c2)n1. The van der Waals surface area contributed by atoms with Crippen LogP contribution < -0.4 is 10.2 Å². The Kier molecular flexibility index (Phi) is 5.55. The molecule has 1 aliphatic rings. The first-order valence-electron chi connectivity index (χ1n) is 10.0. The van der Waals surface area contributed by atoms with Gasteiger partial charge >= 0.3 is 0 Å². The molecule has 7 nitrogen and oxygen atoms in total. The lowest BCUT2D eigenvalue weighted by atomic mass is 9.97. The lowest BCUT2D eigenvalue weighted by molar-refractivity contribution is -0.120. The zero-order valence-electron chi connectivity index (χ0n) is 16.7. The minimum absolute atomic E-state index is 0.0514. The average Bonchev–Trinajstić information content (AvgIpc) is 3.25. The van der Waals surface area contributed by atoms with E-state index in [2.05, 4.69) is 25.3 Å². The first-order chi connectivity index (χ1) is 14.1. The van der Waals surface area contributed by atoms with Crippen molar-refractivity contribution in [1.82, 2.24) is 15.1 Å². The third-order valence-corrected chi connectivity index (χ3v) is 5.11. The van der Waals surface area contributed by atoms with E-state index >= 15 is 0 Å². The number of pyridine rings is 1. The number of piperidine rings is 1. The maximum atomic E-state index is 12.7. The fourth-order valence-corrected chi connectivity index (χ4v) is 3.48. The van der Waals surface area contributed by atoms with E-state index in [1.54, 1.807) is 6.20 Å². The fraction of sp³-hybridized carbons (Fsp3) is 0.364. The van der Waals surface area contributed by atoms with Gasteiger partial charge in [-0.25, -0.2) is 4.98 Å². The molecule has 1 amide bonds. The highest BCUT2D eigenvalue weighted by Crippen LogP contribution is 2.27. The van der Waals surface area contributed by atoms with Crippen LogP contribution in [-0.4, -0.2) is 34.1 Å². The second kappa shape index (κ2) is 8.43. The number of para-hydroxylation sites is 1. The highest BCUT2D eigenvalue weighted by Gasteiger charge is 2.27. The standard InChI is InChI=1S/C22H25N5O2/c1-15(2)20-25-22(29-26-20)16-10-11-23-19(13-16)27-12-6-7-17(14-27)21(28)24-18-8-4-3-5-9-18/h3-5,8-11,13,15,17H,6-7,12,14H2,1-2H3,(H,24,28)/t17-/m0/s1. The molecule has 3 aromatic rings. The van der Waals surface area contributed by atoms with E-state index < -0.39 is 0 Å². The van der Waals surface area contributed by atoms with Crippen LogP contribution in [0.1, 0.15) is 38.4 Å². The number of anilines is 2. The molecule has 1 aliphatic heterocycles. The lowest BCUT2D eigenvalue weighted by Gasteiger charge is -2.33. The Hall–Kier alpha value is -3.22. The van der Waals surface area contributed by atoms with Gasteiger partial charge in [0.25, 0.3) is 5.89 Å². The molecule has 0 unspecified atom stereocenters. The number of hydrogen-bond donors (Lipinski definition) is 1. The maximum Gasteiger partial charge on any atom is 0.258 e. The van der Waals surface area contributed by atoms with Gasteiger partial charge in [0, 0.05) is 36.5 Å². The molecule has 150 valence electrons. The summed E-state index contributed by atoms with van der Waals surface area (Å²) in [4.78, 5) is 23.8. The number of rotatable bonds is 5. The molecule has 1 aromatic carbocycles. The van der Waals surface area contributed by atoms with Crippen molar-refractivity contribution in [2.75, 3.05) is 23.3 Å². The second-order valence-corrected chi connectivity index (χ2v) is 7.66. The summed E-state index contributed by atoms with van der Waals surface area (Å²) < 4.78 is 5.41. The van der Waals surface area contributed by atoms with Crippen LogP contribution in [0.4, 0.5) is 11.5 Å². The van der Waals surface area contributed by atoms with Crippen LogP contribution in [-0.2, 0) is 4.79 Å². The molecule has 0 radical (unpaired) electrons. The van der Waals surface area contributed by atoms with Crippen molar-refractivity contribution >= 4 is 17.4 Å². The van der Waals surface area contributed by atoms with Crippen LogP contribution in [0.5, 0.6) is 0 Å². The normalized spacial score (nSPS) is 16.8. The van der Waals surface area contributed by atoms with Crippen LogP contribution in [0.2, 0.25) is 0 Å². The quantitative estimate of drug-likeness (QED) is 0.705. The van der Waals surface area contributed by atoms with Gasteiger partial charge in [0.05, 0.1) is 5.92 Å². The Labute approximate surface area is 170 Å². The number of nitrogens with one attached hydrogen (secondary N) is 1. The van der Waals surface area contributed by atoms with Gasteiger partial charge in [-0.05, 0) is 37.1 Å². The molecule has 2 aromatic heterocycles. The van der Waals surface area contributed by atoms with Gasteiger partial charge in [-0.1, -0.05) is 37.2 Å². The minimum atomic E-state index is -0.0784. The van der Waals surface area contributed by atoms with E-state index in [9.17, 15) is 4.79 Å². The van der Waals surface area contributed by atoms with Gasteiger partial charge < -0.3 is 14.7 Å². The summed E-state index contributed by atoms with van der Waals surface area (Å²) in [7, 11) is 0. The number of carbonyl (C=O) groups is 1. The molecule has 7 heteroatoms. The molecule has 1 fully saturated rings. The lowest BCUT2D eigenvalue weighted by Crippen LogP contribution is -2.41. The van der Waals surface area contributed by atoms with E-state index in [4.69, 9.17) is 4.52 Å². The highest BCUT2D eigenvalue weighted by atomic mass is 16.5. The summed E-state index contributed by atoms with van der Waals surface area (Å²) in [6.45, 7) is 5.56. The van der Waals surface area contributed by atoms with Gasteiger partial charge in [-0.15, -0.1) is 0 Å². The van der Waals surface area contributed by atoms with Crippen LogP contribution in [0.25, 0.3) is 11.5 Å². The Morgan fingerprint density at radius 1 is 1.24 bits per heavy atom. The predicted molar refractivity (Wildman–Crippen MR) is 112 cm³/mol. The molecule has 1 atom stereocenters. The zero-order valence-corrected chi connectivity index (χ0v) is 16.7. The highest BCUT2D eigenvalue weighted by molar-refractivity contribution is 5.93. The molecule has 4 rings (SSSR count). The van der Waals surface area contributed by atoms with Crippen molar-refractivity contribution in [1.29, 1.82) is 0 Å². The zero-order chi connectivity index (χ0) is 20.2. The average molecular weight is 391 g/mol. The summed E-state index contributed by atoms with van der Waals surface area (Å²) in [5, 5.41) is 7.05. The van der Waals surface area contributed by atoms with Crippen LogP contribution >= 0.6 is 0 Å². The summed E-state index contributed by atoms with van der Waals surface area (Å²) in [6.07, 6.45) is 3.56. The van der Waals surface area contributed by atoms with Gasteiger partial charge in [0.1, 0.15) is 5.82 Å². The fourth-order valence-electron chi connectivity index (χ4n) is 3.48. The topological polar surface area (TPSA) is 84.2 Å². The van der Waals surface area contributed by atoms with E-state index in [1.807, 2.05) is 56.3 Å². The Morgan fingerprint density at radius 2 is 2.07 bits per heavy atom. The molecule has 0 spiro atoms. The first-order valence-corrected chi connectivity index (χ1v) is 10.0. The van der Waals surface area contributed by atoms with Gasteiger partial charge in [0.15, 0.2) is 5.82 Å². The summed E-state index contributed by atoms with van der Waals surface area (Å²) in [5.41, 5.74) is 1.66. The third kappa shape index (κ3) is 4.45. The number of benzene rings is 1. The Morgan fingerprint density at radius 3 is 2.83 bits per heavy atom. The van der Waals surface area contributed by atoms with Gasteiger partial charge in [-0.2, -0.15) is 4.98 Å². The molecule has 0 aliphatic carbocycles. The van der Waals surface area contributed by atoms with Gasteiger partial charge in [-0.3, -0.25) is 4.79 Å². The molecule has 0 bridgehead atoms. The van der Waals surface area contributed by atoms with Gasteiger partial charge in [0.2, 0.25) is 5.91 Å². The smallest absolute Gasteiger partial charge is 0.258 e. The summed E-state index contributed by atoms with van der Waals surface area (Å²) >= 11 is 0. The predicted octanol–water partition coefficient (Wildman–Crippen LogP) is 4.11. The van der Waals surface area contributed by atoms with Crippen molar-refractivity contribution in [3.05, 3.63) is 54.5 Å². The third-order valence-electron chi connectivity index (χ3n) is 5.11. The van der Waals surface area contributed by atoms with E-state index in [-0.39, 0.29) is 17.7 Å². The van der Waals surface area contributed by atoms with Crippen molar-refractivity contribution in [2.45, 2.75) is 32.6 Å². The minimum Gasteiger partial charge on any atom is -0.356 e. The number of amides is 1. The van der Waals surface area contributed by atoms with Crippen LogP contribution in [0.3, 0.4) is 0 Å². The Bertz CT molecular complexity index is 970. The molecule has 1 N–H and O–H groups in total. The summed E-state index contributed by atoms with van der Waals surface area (Å²) in [6, 6.07) is 13.4. The molecule has 0 saturated carbocycles. The molecule has 1 saturated heterocycles. The molecule has 3 heterocycles. The Balaban J connectivity index is 1.47. The van der Waals surface area contributed by atoms with Crippen molar-refractivity contribution < 1.29 is 9.32 Å². The molecular formula is C22H25N5O2. The van der Waals surface area contributed by atoms with Crippen molar-refractivity contribution in [3.8, 4) is 11.5 Å². The van der Waals surface area contributed by atoms with E-state index in [0.717, 1.165) is 36.5 Å².